The van der Waals surface area contributed by atoms with Gasteiger partial charge in [0.2, 0.25) is 0 Å². The summed E-state index contributed by atoms with van der Waals surface area (Å²) in [6, 6.07) is 7.73. The van der Waals surface area contributed by atoms with E-state index in [4.69, 9.17) is 22.0 Å². The fraction of sp³-hybridized carbons (Fsp3) is 0.333. The summed E-state index contributed by atoms with van der Waals surface area (Å²) in [5, 5.41) is 17.8. The summed E-state index contributed by atoms with van der Waals surface area (Å²) in [5.41, 5.74) is 1.58. The van der Waals surface area contributed by atoms with Crippen LogP contribution in [0, 0.1) is 11.3 Å². The zero-order valence-corrected chi connectivity index (χ0v) is 12.3. The smallest absolute Gasteiger partial charge is 0.328 e. The van der Waals surface area contributed by atoms with E-state index in [2.05, 4.69) is 11.0 Å². The van der Waals surface area contributed by atoms with Crippen molar-refractivity contribution < 1.29 is 9.90 Å². The quantitative estimate of drug-likeness (QED) is 0.814. The van der Waals surface area contributed by atoms with E-state index in [9.17, 15) is 4.79 Å². The molecule has 1 aromatic carbocycles. The van der Waals surface area contributed by atoms with Gasteiger partial charge in [-0.1, -0.05) is 17.7 Å². The van der Waals surface area contributed by atoms with Gasteiger partial charge in [-0.15, -0.1) is 0 Å². The van der Waals surface area contributed by atoms with Crippen molar-refractivity contribution in [3.8, 4) is 6.07 Å². The molecule has 106 valence electrons. The fourth-order valence-electron chi connectivity index (χ4n) is 1.85. The van der Waals surface area contributed by atoms with Crippen LogP contribution in [-0.4, -0.2) is 23.7 Å². The summed E-state index contributed by atoms with van der Waals surface area (Å²) in [4.78, 5) is 12.5. The van der Waals surface area contributed by atoms with Crippen molar-refractivity contribution in [2.75, 3.05) is 11.4 Å². The summed E-state index contributed by atoms with van der Waals surface area (Å²) in [7, 11) is 0. The Labute approximate surface area is 123 Å². The zero-order chi connectivity index (χ0) is 15.1. The number of benzene rings is 1. The molecule has 0 aromatic heterocycles. The minimum Gasteiger partial charge on any atom is -0.478 e. The topological polar surface area (TPSA) is 64.3 Å². The fourth-order valence-corrected chi connectivity index (χ4v) is 2.15. The molecule has 0 radical (unpaired) electrons. The first-order valence-electron chi connectivity index (χ1n) is 6.30. The SMILES string of the molecule is CC(C)N(CCC#N)c1ccc(/C=C/C(=O)O)cc1Cl. The van der Waals surface area contributed by atoms with Crippen LogP contribution in [0.2, 0.25) is 5.02 Å². The average molecular weight is 293 g/mol. The summed E-state index contributed by atoms with van der Waals surface area (Å²) in [6.07, 6.45) is 2.99. The first-order chi connectivity index (χ1) is 9.45. The molecule has 0 unspecified atom stereocenters. The number of nitriles is 1. The highest BCUT2D eigenvalue weighted by Gasteiger charge is 2.13. The maximum Gasteiger partial charge on any atom is 0.328 e. The number of anilines is 1. The average Bonchev–Trinajstić information content (AvgIpc) is 2.38. The number of nitrogens with zero attached hydrogens (tertiary/aromatic N) is 2. The second-order valence-corrected chi connectivity index (χ2v) is 4.98. The van der Waals surface area contributed by atoms with E-state index in [-0.39, 0.29) is 6.04 Å². The van der Waals surface area contributed by atoms with Crippen LogP contribution in [0.4, 0.5) is 5.69 Å². The lowest BCUT2D eigenvalue weighted by atomic mass is 10.1. The molecule has 0 aliphatic heterocycles. The molecule has 0 saturated carbocycles. The van der Waals surface area contributed by atoms with E-state index in [1.54, 1.807) is 6.07 Å². The Morgan fingerprint density at radius 2 is 2.25 bits per heavy atom. The van der Waals surface area contributed by atoms with Gasteiger partial charge in [-0.25, -0.2) is 4.79 Å². The summed E-state index contributed by atoms with van der Waals surface area (Å²) >= 11 is 6.26. The second-order valence-electron chi connectivity index (χ2n) is 4.58. The minimum atomic E-state index is -0.997. The monoisotopic (exact) mass is 292 g/mol. The highest BCUT2D eigenvalue weighted by molar-refractivity contribution is 6.33. The van der Waals surface area contributed by atoms with E-state index in [0.29, 0.717) is 18.0 Å². The lowest BCUT2D eigenvalue weighted by Gasteiger charge is -2.29. The Balaban J connectivity index is 3.01. The van der Waals surface area contributed by atoms with Crippen molar-refractivity contribution in [1.29, 1.82) is 5.26 Å². The van der Waals surface area contributed by atoms with Gasteiger partial charge in [0.05, 0.1) is 23.2 Å². The van der Waals surface area contributed by atoms with Gasteiger partial charge < -0.3 is 10.0 Å². The zero-order valence-electron chi connectivity index (χ0n) is 11.5. The van der Waals surface area contributed by atoms with Gasteiger partial charge >= 0.3 is 5.97 Å². The first-order valence-corrected chi connectivity index (χ1v) is 6.67. The molecule has 1 rings (SSSR count). The molecule has 5 heteroatoms. The third-order valence-electron chi connectivity index (χ3n) is 2.79. The number of carboxylic acids is 1. The van der Waals surface area contributed by atoms with Crippen LogP contribution < -0.4 is 4.90 Å². The van der Waals surface area contributed by atoms with E-state index >= 15 is 0 Å². The number of halogens is 1. The predicted octanol–water partition coefficient (Wildman–Crippen LogP) is 3.57. The van der Waals surface area contributed by atoms with Gasteiger partial charge in [0.15, 0.2) is 0 Å². The van der Waals surface area contributed by atoms with E-state index in [0.717, 1.165) is 17.3 Å². The molecule has 0 aliphatic carbocycles. The normalized spacial score (nSPS) is 10.8. The van der Waals surface area contributed by atoms with E-state index < -0.39 is 5.97 Å². The van der Waals surface area contributed by atoms with Gasteiger partial charge in [-0.3, -0.25) is 0 Å². The molecule has 0 fully saturated rings. The van der Waals surface area contributed by atoms with Gasteiger partial charge in [0, 0.05) is 18.7 Å². The minimum absolute atomic E-state index is 0.223. The molecular weight excluding hydrogens is 276 g/mol. The Morgan fingerprint density at radius 1 is 1.55 bits per heavy atom. The Kier molecular flexibility index (Phi) is 6.08. The molecule has 0 bridgehead atoms. The van der Waals surface area contributed by atoms with Crippen molar-refractivity contribution in [2.24, 2.45) is 0 Å². The van der Waals surface area contributed by atoms with Crippen LogP contribution in [0.5, 0.6) is 0 Å². The molecule has 0 spiro atoms. The molecule has 1 N–H and O–H groups in total. The second kappa shape index (κ2) is 7.56. The Bertz CT molecular complexity index is 547. The van der Waals surface area contributed by atoms with Crippen molar-refractivity contribution in [1.82, 2.24) is 0 Å². The highest BCUT2D eigenvalue weighted by Crippen LogP contribution is 2.29. The van der Waals surface area contributed by atoms with E-state index in [1.165, 1.54) is 6.08 Å². The molecule has 0 aliphatic rings. The molecule has 20 heavy (non-hydrogen) atoms. The molecule has 4 nitrogen and oxygen atoms in total. The van der Waals surface area contributed by atoms with Crippen molar-refractivity contribution in [3.63, 3.8) is 0 Å². The van der Waals surface area contributed by atoms with Crippen molar-refractivity contribution >= 4 is 29.3 Å². The van der Waals surface area contributed by atoms with Crippen LogP contribution in [0.25, 0.3) is 6.08 Å². The first kappa shape index (κ1) is 16.1. The molecule has 1 aromatic rings. The number of carbonyl (C=O) groups is 1. The third-order valence-corrected chi connectivity index (χ3v) is 3.09. The lowest BCUT2D eigenvalue weighted by Crippen LogP contribution is -2.31. The highest BCUT2D eigenvalue weighted by atomic mass is 35.5. The van der Waals surface area contributed by atoms with Crippen LogP contribution in [0.1, 0.15) is 25.8 Å². The number of aliphatic carboxylic acids is 1. The van der Waals surface area contributed by atoms with Gasteiger partial charge in [0.25, 0.3) is 0 Å². The van der Waals surface area contributed by atoms with Gasteiger partial charge in [0.1, 0.15) is 0 Å². The Morgan fingerprint density at radius 3 is 2.75 bits per heavy atom. The maximum absolute atomic E-state index is 10.5. The van der Waals surface area contributed by atoms with Crippen molar-refractivity contribution in [3.05, 3.63) is 34.9 Å². The molecular formula is C15H17ClN2O2. The number of rotatable bonds is 6. The summed E-state index contributed by atoms with van der Waals surface area (Å²) in [6.45, 7) is 4.68. The molecule has 0 atom stereocenters. The summed E-state index contributed by atoms with van der Waals surface area (Å²) < 4.78 is 0. The number of carboxylic acid groups (broad SMARTS) is 1. The standard InChI is InChI=1S/C15H17ClN2O2/c1-11(2)18(9-3-8-17)14-6-4-12(10-13(14)16)5-7-15(19)20/h4-7,10-11H,3,9H2,1-2H3,(H,19,20)/b7-5+. The lowest BCUT2D eigenvalue weighted by molar-refractivity contribution is -0.131. The largest absolute Gasteiger partial charge is 0.478 e. The number of hydrogen-bond acceptors (Lipinski definition) is 3. The molecule has 0 heterocycles. The van der Waals surface area contributed by atoms with Crippen molar-refractivity contribution in [2.45, 2.75) is 26.3 Å². The third kappa shape index (κ3) is 4.60. The maximum atomic E-state index is 10.5. The van der Waals surface area contributed by atoms with Gasteiger partial charge in [-0.2, -0.15) is 5.26 Å². The molecule has 0 saturated heterocycles. The van der Waals surface area contributed by atoms with Crippen LogP contribution >= 0.6 is 11.6 Å². The van der Waals surface area contributed by atoms with Crippen LogP contribution in [0.15, 0.2) is 24.3 Å². The molecule has 0 amide bonds. The summed E-state index contributed by atoms with van der Waals surface area (Å²) in [5.74, 6) is -0.997. The van der Waals surface area contributed by atoms with Crippen LogP contribution in [0.3, 0.4) is 0 Å². The Hall–Kier alpha value is -1.99. The van der Waals surface area contributed by atoms with E-state index in [1.807, 2.05) is 26.0 Å². The predicted molar refractivity (Wildman–Crippen MR) is 80.8 cm³/mol. The van der Waals surface area contributed by atoms with Gasteiger partial charge in [-0.05, 0) is 37.6 Å². The number of hydrogen-bond donors (Lipinski definition) is 1. The van der Waals surface area contributed by atoms with Crippen LogP contribution in [-0.2, 0) is 4.79 Å².